The summed E-state index contributed by atoms with van der Waals surface area (Å²) in [6.07, 6.45) is 18.2. The molecule has 0 spiro atoms. The van der Waals surface area contributed by atoms with Crippen molar-refractivity contribution < 1.29 is 4.74 Å². The number of hydrogen-bond acceptors (Lipinski definition) is 6. The molecule has 4 aromatic rings. The van der Waals surface area contributed by atoms with Gasteiger partial charge in [0.05, 0.1) is 36.3 Å². The van der Waals surface area contributed by atoms with Gasteiger partial charge in [-0.15, -0.1) is 12.3 Å². The van der Waals surface area contributed by atoms with E-state index < -0.39 is 0 Å². The maximum atomic E-state index is 9.59. The molecule has 1 aliphatic heterocycles. The monoisotopic (exact) mass is 437 g/mol. The lowest BCUT2D eigenvalue weighted by Gasteiger charge is -2.30. The van der Waals surface area contributed by atoms with Gasteiger partial charge in [0.15, 0.2) is 0 Å². The van der Waals surface area contributed by atoms with E-state index in [9.17, 15) is 5.26 Å². The van der Waals surface area contributed by atoms with Gasteiger partial charge in [0, 0.05) is 48.7 Å². The number of nitrogens with zero attached hydrogens (tertiary/aromatic N) is 7. The predicted molar refractivity (Wildman–Crippen MR) is 125 cm³/mol. The van der Waals surface area contributed by atoms with Crippen molar-refractivity contribution in [2.75, 3.05) is 24.6 Å². The summed E-state index contributed by atoms with van der Waals surface area (Å²) >= 11 is 0. The molecular weight excluding hydrogens is 414 g/mol. The van der Waals surface area contributed by atoms with Gasteiger partial charge in [0.2, 0.25) is 0 Å². The molecule has 0 saturated carbocycles. The Kier molecular flexibility index (Phi) is 5.65. The van der Waals surface area contributed by atoms with Crippen molar-refractivity contribution in [1.29, 1.82) is 5.26 Å². The summed E-state index contributed by atoms with van der Waals surface area (Å²) in [4.78, 5) is 11.0. The maximum Gasteiger partial charge on any atom is 0.138 e. The maximum absolute atomic E-state index is 9.59. The predicted octanol–water partition coefficient (Wildman–Crippen LogP) is 3.39. The first-order valence-electron chi connectivity index (χ1n) is 10.9. The van der Waals surface area contributed by atoms with Gasteiger partial charge in [0.1, 0.15) is 24.2 Å². The fourth-order valence-corrected chi connectivity index (χ4v) is 4.17. The van der Waals surface area contributed by atoms with E-state index in [1.807, 2.05) is 35.2 Å². The number of pyridine rings is 2. The van der Waals surface area contributed by atoms with Gasteiger partial charge in [-0.05, 0) is 31.0 Å². The average molecular weight is 438 g/mol. The number of imidazole rings is 1. The minimum absolute atomic E-state index is 0.358. The summed E-state index contributed by atoms with van der Waals surface area (Å²) in [5.41, 5.74) is 3.01. The third-order valence-corrected chi connectivity index (χ3v) is 6.00. The topological polar surface area (TPSA) is 84.3 Å². The average Bonchev–Trinajstić information content (AvgIpc) is 3.54. The van der Waals surface area contributed by atoms with Crippen molar-refractivity contribution in [3.63, 3.8) is 0 Å². The van der Waals surface area contributed by atoms with Crippen LogP contribution in [0.3, 0.4) is 0 Å². The van der Waals surface area contributed by atoms with Crippen LogP contribution >= 0.6 is 0 Å². The second-order valence-corrected chi connectivity index (χ2v) is 8.03. The number of aromatic nitrogens is 5. The van der Waals surface area contributed by atoms with Gasteiger partial charge < -0.3 is 14.2 Å². The second kappa shape index (κ2) is 9.05. The van der Waals surface area contributed by atoms with Crippen LogP contribution in [-0.4, -0.2) is 43.8 Å². The number of fused-ring (bicyclic) bond motifs is 1. The summed E-state index contributed by atoms with van der Waals surface area (Å²) < 4.78 is 9.64. The largest absolute Gasteiger partial charge is 0.490 e. The van der Waals surface area contributed by atoms with Crippen LogP contribution in [0.4, 0.5) is 5.82 Å². The quantitative estimate of drug-likeness (QED) is 0.430. The number of anilines is 1. The molecule has 0 atom stereocenters. The molecule has 8 heteroatoms. The van der Waals surface area contributed by atoms with E-state index >= 15 is 0 Å². The van der Waals surface area contributed by atoms with Gasteiger partial charge in [-0.3, -0.25) is 0 Å². The fraction of sp³-hybridized carbons (Fsp3) is 0.280. The Bertz CT molecular complexity index is 1320. The molecule has 5 heterocycles. The minimum Gasteiger partial charge on any atom is -0.490 e. The van der Waals surface area contributed by atoms with Crippen molar-refractivity contribution >= 4 is 11.3 Å². The van der Waals surface area contributed by atoms with Gasteiger partial charge in [-0.2, -0.15) is 10.4 Å². The third-order valence-electron chi connectivity index (χ3n) is 6.00. The summed E-state index contributed by atoms with van der Waals surface area (Å²) in [5.74, 6) is 4.83. The lowest BCUT2D eigenvalue weighted by molar-refractivity contribution is 0.296. The molecule has 0 amide bonds. The van der Waals surface area contributed by atoms with Crippen molar-refractivity contribution in [3.05, 3.63) is 61.1 Å². The van der Waals surface area contributed by atoms with E-state index in [-0.39, 0.29) is 0 Å². The number of nitriles is 1. The van der Waals surface area contributed by atoms with Crippen LogP contribution in [0.25, 0.3) is 16.6 Å². The Labute approximate surface area is 192 Å². The standard InChI is InChI=1S/C25H23N7O/c1-2-19-5-8-31(9-6-19)24-4-3-20(15-28-24)23-13-22(33-12-11-30-10-7-27-18-30)17-32-25(23)21(14-26)16-29-32/h1,3-4,7,10,13,15-19H,5-6,8-9,11-12H2. The van der Waals surface area contributed by atoms with Crippen LogP contribution in [0.5, 0.6) is 5.75 Å². The Morgan fingerprint density at radius 2 is 2.09 bits per heavy atom. The zero-order valence-electron chi connectivity index (χ0n) is 18.1. The molecule has 0 bridgehead atoms. The van der Waals surface area contributed by atoms with Crippen molar-refractivity contribution in [3.8, 4) is 35.3 Å². The van der Waals surface area contributed by atoms with E-state index in [4.69, 9.17) is 16.1 Å². The smallest absolute Gasteiger partial charge is 0.138 e. The third kappa shape index (κ3) is 4.24. The van der Waals surface area contributed by atoms with Crippen LogP contribution < -0.4 is 9.64 Å². The molecule has 164 valence electrons. The normalized spacial score (nSPS) is 14.2. The van der Waals surface area contributed by atoms with Crippen molar-refractivity contribution in [2.24, 2.45) is 5.92 Å². The highest BCUT2D eigenvalue weighted by Gasteiger charge is 2.19. The van der Waals surface area contributed by atoms with E-state index in [1.165, 1.54) is 0 Å². The molecule has 0 aromatic carbocycles. The Morgan fingerprint density at radius 1 is 1.21 bits per heavy atom. The van der Waals surface area contributed by atoms with Gasteiger partial charge >= 0.3 is 0 Å². The minimum atomic E-state index is 0.358. The number of terminal acetylenes is 1. The van der Waals surface area contributed by atoms with Gasteiger partial charge in [-0.25, -0.2) is 14.5 Å². The van der Waals surface area contributed by atoms with E-state index in [0.717, 1.165) is 48.4 Å². The molecule has 4 aromatic heterocycles. The van der Waals surface area contributed by atoms with Crippen LogP contribution in [-0.2, 0) is 6.54 Å². The zero-order valence-corrected chi connectivity index (χ0v) is 18.1. The first-order chi connectivity index (χ1) is 16.2. The molecule has 33 heavy (non-hydrogen) atoms. The number of piperidine rings is 1. The fourth-order valence-electron chi connectivity index (χ4n) is 4.17. The van der Waals surface area contributed by atoms with Crippen molar-refractivity contribution in [2.45, 2.75) is 19.4 Å². The number of ether oxygens (including phenoxy) is 1. The summed E-state index contributed by atoms with van der Waals surface area (Å²) in [6.45, 7) is 2.99. The molecule has 0 N–H and O–H groups in total. The molecule has 8 nitrogen and oxygen atoms in total. The number of rotatable bonds is 6. The summed E-state index contributed by atoms with van der Waals surface area (Å²) in [6, 6.07) is 8.24. The highest BCUT2D eigenvalue weighted by Crippen LogP contribution is 2.32. The molecule has 1 fully saturated rings. The molecule has 5 rings (SSSR count). The van der Waals surface area contributed by atoms with E-state index in [1.54, 1.807) is 29.4 Å². The lowest BCUT2D eigenvalue weighted by Crippen LogP contribution is -2.33. The molecule has 0 unspecified atom stereocenters. The molecule has 0 radical (unpaired) electrons. The highest BCUT2D eigenvalue weighted by atomic mass is 16.5. The van der Waals surface area contributed by atoms with E-state index in [0.29, 0.717) is 30.4 Å². The van der Waals surface area contributed by atoms with Crippen LogP contribution in [0.2, 0.25) is 0 Å². The van der Waals surface area contributed by atoms with Crippen molar-refractivity contribution in [1.82, 2.24) is 24.1 Å². The molecule has 1 saturated heterocycles. The second-order valence-electron chi connectivity index (χ2n) is 8.03. The molecule has 1 aliphatic rings. The molecular formula is C25H23N7O. The van der Waals surface area contributed by atoms with Crippen LogP contribution in [0.15, 0.2) is 55.5 Å². The SMILES string of the molecule is C#CC1CCN(c2ccc(-c3cc(OCCn4ccnc4)cn4ncc(C#N)c34)cn2)CC1. The summed E-state index contributed by atoms with van der Waals surface area (Å²) in [7, 11) is 0. The Hall–Kier alpha value is -4.30. The van der Waals surface area contributed by atoms with Crippen LogP contribution in [0, 0.1) is 29.6 Å². The first kappa shape index (κ1) is 20.6. The van der Waals surface area contributed by atoms with Gasteiger partial charge in [-0.1, -0.05) is 0 Å². The molecule has 0 aliphatic carbocycles. The van der Waals surface area contributed by atoms with E-state index in [2.05, 4.69) is 27.0 Å². The summed E-state index contributed by atoms with van der Waals surface area (Å²) in [5, 5.41) is 13.9. The zero-order chi connectivity index (χ0) is 22.6. The number of hydrogen-bond donors (Lipinski definition) is 0. The Morgan fingerprint density at radius 3 is 2.79 bits per heavy atom. The Balaban J connectivity index is 1.41. The van der Waals surface area contributed by atoms with Crippen LogP contribution in [0.1, 0.15) is 18.4 Å². The lowest BCUT2D eigenvalue weighted by atomic mass is 9.98. The highest BCUT2D eigenvalue weighted by molar-refractivity contribution is 5.85. The van der Waals surface area contributed by atoms with Gasteiger partial charge in [0.25, 0.3) is 0 Å². The first-order valence-corrected chi connectivity index (χ1v) is 10.9.